The maximum Gasteiger partial charge on any atom is 0.261 e. The van der Waals surface area contributed by atoms with Gasteiger partial charge in [0.2, 0.25) is 0 Å². The van der Waals surface area contributed by atoms with Crippen LogP contribution in [-0.2, 0) is 6.54 Å². The van der Waals surface area contributed by atoms with Crippen LogP contribution in [0.5, 0.6) is 0 Å². The van der Waals surface area contributed by atoms with Crippen molar-refractivity contribution in [3.05, 3.63) is 83.2 Å². The van der Waals surface area contributed by atoms with E-state index in [1.54, 1.807) is 18.2 Å². The number of thiophene rings is 1. The van der Waals surface area contributed by atoms with E-state index in [1.807, 2.05) is 18.2 Å². The number of aliphatic hydroxyl groups is 1. The van der Waals surface area contributed by atoms with Gasteiger partial charge in [-0.05, 0) is 42.3 Å². The molecule has 1 saturated heterocycles. The van der Waals surface area contributed by atoms with Gasteiger partial charge in [-0.25, -0.2) is 14.4 Å². The number of aromatic nitrogens is 2. The summed E-state index contributed by atoms with van der Waals surface area (Å²) in [5.74, 6) is -0.0154. The molecule has 3 heterocycles. The number of carbonyl (C=O) groups is 1. The lowest BCUT2D eigenvalue weighted by Crippen LogP contribution is -2.53. The smallest absolute Gasteiger partial charge is 0.261 e. The van der Waals surface area contributed by atoms with Gasteiger partial charge in [-0.15, -0.1) is 11.3 Å². The van der Waals surface area contributed by atoms with E-state index in [9.17, 15) is 14.3 Å². The number of hydrogen-bond acceptors (Lipinski definition) is 7. The number of halogens is 1. The van der Waals surface area contributed by atoms with Crippen molar-refractivity contribution in [2.24, 2.45) is 0 Å². The van der Waals surface area contributed by atoms with Gasteiger partial charge in [0.05, 0.1) is 22.4 Å². The van der Waals surface area contributed by atoms with Crippen LogP contribution in [0.1, 0.15) is 21.7 Å². The summed E-state index contributed by atoms with van der Waals surface area (Å²) in [5, 5.41) is 17.5. The Bertz CT molecular complexity index is 1280. The molecule has 0 radical (unpaired) electrons. The van der Waals surface area contributed by atoms with Crippen molar-refractivity contribution in [1.82, 2.24) is 20.2 Å². The van der Waals surface area contributed by atoms with Gasteiger partial charge in [0.25, 0.3) is 5.91 Å². The molecule has 2 aromatic carbocycles. The van der Waals surface area contributed by atoms with Gasteiger partial charge in [-0.2, -0.15) is 0 Å². The molecule has 0 unspecified atom stereocenters. The quantitative estimate of drug-likeness (QED) is 0.390. The van der Waals surface area contributed by atoms with E-state index in [-0.39, 0.29) is 17.8 Å². The molecule has 7 nitrogen and oxygen atoms in total. The molecule has 9 heteroatoms. The second kappa shape index (κ2) is 9.84. The van der Waals surface area contributed by atoms with Gasteiger partial charge in [0, 0.05) is 25.3 Å². The molecule has 0 bridgehead atoms. The number of aliphatic hydroxyl groups excluding tert-OH is 1. The molecule has 2 atom stereocenters. The standard InChI is InChI=1S/C25H24FN5O2S/c26-17-6-8-18(9-7-17)29-23-19-12-22(34-25(19)28-15-27-23)24(33)30-20-10-11-31(14-21(20)32)13-16-4-2-1-3-5-16/h1-9,12,15,20-21,32H,10-11,13-14H2,(H,30,33)(H,27,28,29)/t20-,21-/m1/s1. The zero-order chi connectivity index (χ0) is 23.5. The first-order valence-corrected chi connectivity index (χ1v) is 11.9. The van der Waals surface area contributed by atoms with Gasteiger partial charge < -0.3 is 15.7 Å². The number of carbonyl (C=O) groups excluding carboxylic acids is 1. The highest BCUT2D eigenvalue weighted by Gasteiger charge is 2.29. The van der Waals surface area contributed by atoms with E-state index in [0.717, 1.165) is 13.1 Å². The van der Waals surface area contributed by atoms with Crippen LogP contribution in [0.25, 0.3) is 10.2 Å². The first-order chi connectivity index (χ1) is 16.5. The monoisotopic (exact) mass is 477 g/mol. The summed E-state index contributed by atoms with van der Waals surface area (Å²) >= 11 is 1.27. The molecule has 34 heavy (non-hydrogen) atoms. The molecule has 4 aromatic rings. The highest BCUT2D eigenvalue weighted by molar-refractivity contribution is 7.20. The minimum absolute atomic E-state index is 0.240. The summed E-state index contributed by atoms with van der Waals surface area (Å²) in [6.07, 6.45) is 1.45. The zero-order valence-electron chi connectivity index (χ0n) is 18.3. The molecular formula is C25H24FN5O2S. The third-order valence-corrected chi connectivity index (χ3v) is 6.93. The van der Waals surface area contributed by atoms with E-state index in [1.165, 1.54) is 35.4 Å². The number of nitrogens with zero attached hydrogens (tertiary/aromatic N) is 3. The molecule has 1 amide bonds. The van der Waals surface area contributed by atoms with Crippen LogP contribution in [0.2, 0.25) is 0 Å². The number of benzene rings is 2. The van der Waals surface area contributed by atoms with Crippen LogP contribution < -0.4 is 10.6 Å². The minimum atomic E-state index is -0.647. The van der Waals surface area contributed by atoms with E-state index in [0.29, 0.717) is 39.6 Å². The van der Waals surface area contributed by atoms with Crippen LogP contribution in [0.3, 0.4) is 0 Å². The summed E-state index contributed by atoms with van der Waals surface area (Å²) in [6.45, 7) is 2.07. The lowest BCUT2D eigenvalue weighted by atomic mass is 10.0. The predicted octanol–water partition coefficient (Wildman–Crippen LogP) is 3.94. The van der Waals surface area contributed by atoms with Crippen LogP contribution >= 0.6 is 11.3 Å². The Balaban J connectivity index is 1.24. The van der Waals surface area contributed by atoms with E-state index in [4.69, 9.17) is 0 Å². The van der Waals surface area contributed by atoms with E-state index in [2.05, 4.69) is 37.6 Å². The molecule has 174 valence electrons. The largest absolute Gasteiger partial charge is 0.390 e. The summed E-state index contributed by atoms with van der Waals surface area (Å²) < 4.78 is 13.2. The molecule has 3 N–H and O–H groups in total. The highest BCUT2D eigenvalue weighted by atomic mass is 32.1. The number of piperidine rings is 1. The summed E-state index contributed by atoms with van der Waals surface area (Å²) in [6, 6.07) is 17.6. The van der Waals surface area contributed by atoms with Crippen LogP contribution in [0.15, 0.2) is 67.0 Å². The predicted molar refractivity (Wildman–Crippen MR) is 131 cm³/mol. The Kier molecular flexibility index (Phi) is 6.48. The Labute approximate surface area is 200 Å². The van der Waals surface area contributed by atoms with Gasteiger partial charge in [0.15, 0.2) is 0 Å². The van der Waals surface area contributed by atoms with Crippen molar-refractivity contribution in [1.29, 1.82) is 0 Å². The maximum absolute atomic E-state index is 13.2. The van der Waals surface area contributed by atoms with Crippen LogP contribution in [0.4, 0.5) is 15.9 Å². The van der Waals surface area contributed by atoms with Gasteiger partial charge in [-0.1, -0.05) is 30.3 Å². The molecule has 0 aliphatic carbocycles. The SMILES string of the molecule is O=C(N[C@@H]1CCN(Cc2ccccc2)C[C@H]1O)c1cc2c(Nc3ccc(F)cc3)ncnc2s1. The maximum atomic E-state index is 13.2. The number of rotatable bonds is 6. The van der Waals surface area contributed by atoms with Crippen molar-refractivity contribution < 1.29 is 14.3 Å². The molecule has 0 saturated carbocycles. The average molecular weight is 478 g/mol. The topological polar surface area (TPSA) is 90.4 Å². The molecule has 1 aliphatic heterocycles. The fourth-order valence-electron chi connectivity index (χ4n) is 4.13. The summed E-state index contributed by atoms with van der Waals surface area (Å²) in [5.41, 5.74) is 1.89. The zero-order valence-corrected chi connectivity index (χ0v) is 19.1. The summed E-state index contributed by atoms with van der Waals surface area (Å²) in [4.78, 5) is 24.9. The highest BCUT2D eigenvalue weighted by Crippen LogP contribution is 2.30. The molecule has 0 spiro atoms. The lowest BCUT2D eigenvalue weighted by Gasteiger charge is -2.36. The van der Waals surface area contributed by atoms with Crippen LogP contribution in [-0.4, -0.2) is 51.1 Å². The Morgan fingerprint density at radius 2 is 1.94 bits per heavy atom. The van der Waals surface area contributed by atoms with Gasteiger partial charge in [0.1, 0.15) is 22.8 Å². The van der Waals surface area contributed by atoms with Crippen molar-refractivity contribution in [3.8, 4) is 0 Å². The number of fused-ring (bicyclic) bond motifs is 1. The second-order valence-corrected chi connectivity index (χ2v) is 9.37. The lowest BCUT2D eigenvalue weighted by molar-refractivity contribution is 0.0350. The average Bonchev–Trinajstić information content (AvgIpc) is 3.29. The Morgan fingerprint density at radius 1 is 1.15 bits per heavy atom. The fourth-order valence-corrected chi connectivity index (χ4v) is 5.03. The second-order valence-electron chi connectivity index (χ2n) is 8.34. The number of β-amino-alcohol motifs (C(OH)–C–C–N with tert-alkyl or cyclic N) is 1. The van der Waals surface area contributed by atoms with Gasteiger partial charge in [-0.3, -0.25) is 9.69 Å². The normalized spacial score (nSPS) is 18.6. The number of amides is 1. The van der Waals surface area contributed by atoms with Crippen molar-refractivity contribution in [2.45, 2.75) is 25.1 Å². The van der Waals surface area contributed by atoms with Crippen molar-refractivity contribution in [3.63, 3.8) is 0 Å². The number of hydrogen-bond donors (Lipinski definition) is 3. The van der Waals surface area contributed by atoms with E-state index >= 15 is 0 Å². The number of nitrogens with one attached hydrogen (secondary N) is 2. The minimum Gasteiger partial charge on any atom is -0.390 e. The molecule has 1 aliphatic rings. The number of anilines is 2. The van der Waals surface area contributed by atoms with Gasteiger partial charge >= 0.3 is 0 Å². The molecule has 2 aromatic heterocycles. The van der Waals surface area contributed by atoms with Crippen molar-refractivity contribution in [2.75, 3.05) is 18.4 Å². The Hall–Kier alpha value is -3.40. The number of likely N-dealkylation sites (tertiary alicyclic amines) is 1. The van der Waals surface area contributed by atoms with E-state index < -0.39 is 6.10 Å². The van der Waals surface area contributed by atoms with Crippen LogP contribution in [0, 0.1) is 5.82 Å². The molecule has 1 fully saturated rings. The van der Waals surface area contributed by atoms with Crippen molar-refractivity contribution >= 4 is 39.0 Å². The third kappa shape index (κ3) is 5.06. The Morgan fingerprint density at radius 3 is 2.71 bits per heavy atom. The fraction of sp³-hybridized carbons (Fsp3) is 0.240. The molecular weight excluding hydrogens is 453 g/mol. The third-order valence-electron chi connectivity index (χ3n) is 5.89. The molecule has 5 rings (SSSR count). The first-order valence-electron chi connectivity index (χ1n) is 11.1. The summed E-state index contributed by atoms with van der Waals surface area (Å²) in [7, 11) is 0. The first kappa shape index (κ1) is 22.4.